The van der Waals surface area contributed by atoms with E-state index in [0.29, 0.717) is 35.9 Å². The second-order valence-electron chi connectivity index (χ2n) is 9.91. The largest absolute Gasteiger partial charge is 0.492 e. The van der Waals surface area contributed by atoms with Gasteiger partial charge in [0, 0.05) is 18.1 Å². The summed E-state index contributed by atoms with van der Waals surface area (Å²) in [6.45, 7) is 7.78. The number of anilines is 1. The van der Waals surface area contributed by atoms with Crippen molar-refractivity contribution in [1.29, 1.82) is 0 Å². The highest BCUT2D eigenvalue weighted by molar-refractivity contribution is 7.92. The van der Waals surface area contributed by atoms with Crippen LogP contribution in [0.2, 0.25) is 5.02 Å². The number of hydrogen-bond acceptors (Lipinski definition) is 5. The van der Waals surface area contributed by atoms with Gasteiger partial charge in [-0.3, -0.25) is 13.9 Å². The Bertz CT molecular complexity index is 1450. The molecule has 0 radical (unpaired) electrons. The van der Waals surface area contributed by atoms with Crippen LogP contribution in [0.15, 0.2) is 77.7 Å². The number of aryl methyl sites for hydroxylation is 1. The summed E-state index contributed by atoms with van der Waals surface area (Å²) in [6.07, 6.45) is 2.04. The van der Waals surface area contributed by atoms with Gasteiger partial charge in [-0.25, -0.2) is 8.42 Å². The molecule has 10 heteroatoms. The zero-order valence-corrected chi connectivity index (χ0v) is 26.2. The first-order valence-electron chi connectivity index (χ1n) is 14.3. The molecule has 2 amide bonds. The number of sulfonamides is 1. The minimum atomic E-state index is -4.21. The molecular weight excluding hydrogens is 574 g/mol. The second-order valence-corrected chi connectivity index (χ2v) is 12.2. The molecule has 8 nitrogen and oxygen atoms in total. The molecule has 0 aliphatic carbocycles. The Balaban J connectivity index is 2.10. The zero-order chi connectivity index (χ0) is 30.7. The lowest BCUT2D eigenvalue weighted by Gasteiger charge is -2.33. The average molecular weight is 614 g/mol. The number of nitrogens with zero attached hydrogens (tertiary/aromatic N) is 2. The Morgan fingerprint density at radius 1 is 0.952 bits per heavy atom. The molecule has 0 heterocycles. The Kier molecular flexibility index (Phi) is 12.2. The smallest absolute Gasteiger partial charge is 0.264 e. The van der Waals surface area contributed by atoms with Crippen LogP contribution in [0.5, 0.6) is 5.75 Å². The van der Waals surface area contributed by atoms with Gasteiger partial charge in [-0.05, 0) is 62.6 Å². The molecule has 226 valence electrons. The Morgan fingerprint density at radius 3 is 2.26 bits per heavy atom. The number of benzene rings is 3. The van der Waals surface area contributed by atoms with Gasteiger partial charge in [0.15, 0.2) is 0 Å². The normalized spacial score (nSPS) is 11.9. The molecule has 0 aliphatic rings. The van der Waals surface area contributed by atoms with E-state index in [-0.39, 0.29) is 23.0 Å². The summed E-state index contributed by atoms with van der Waals surface area (Å²) in [5.41, 5.74) is 1.78. The molecule has 42 heavy (non-hydrogen) atoms. The Morgan fingerprint density at radius 2 is 1.62 bits per heavy atom. The third-order valence-electron chi connectivity index (χ3n) is 6.84. The van der Waals surface area contributed by atoms with Crippen LogP contribution in [0.4, 0.5) is 5.69 Å². The van der Waals surface area contributed by atoms with Crippen molar-refractivity contribution in [1.82, 2.24) is 10.2 Å². The van der Waals surface area contributed by atoms with E-state index in [2.05, 4.69) is 5.32 Å². The summed E-state index contributed by atoms with van der Waals surface area (Å²) >= 11 is 6.46. The van der Waals surface area contributed by atoms with Gasteiger partial charge in [0.1, 0.15) is 18.3 Å². The number of unbranched alkanes of at least 4 members (excludes halogenated alkanes) is 1. The maximum atomic E-state index is 14.2. The Labute approximate surface area is 254 Å². The van der Waals surface area contributed by atoms with E-state index in [4.69, 9.17) is 16.3 Å². The van der Waals surface area contributed by atoms with Gasteiger partial charge in [0.05, 0.1) is 17.2 Å². The minimum Gasteiger partial charge on any atom is -0.492 e. The Hall–Kier alpha value is -3.56. The third-order valence-corrected chi connectivity index (χ3v) is 8.98. The number of nitrogens with one attached hydrogen (secondary N) is 1. The standard InChI is InChI=1S/C32H40ClN3O5S/c1-5-8-21-34-32(38)28(6-2)35(22-25-13-9-10-14-27(25)33)31(37)23-36(29-15-11-12-16-30(29)41-7-3)42(39,40)26-19-17-24(4)18-20-26/h9-20,28H,5-8,21-23H2,1-4H3,(H,34,38). The molecule has 0 bridgehead atoms. The number of ether oxygens (including phenoxy) is 1. The lowest BCUT2D eigenvalue weighted by Crippen LogP contribution is -2.52. The van der Waals surface area contributed by atoms with Crippen LogP contribution in [0.1, 0.15) is 51.2 Å². The predicted molar refractivity (Wildman–Crippen MR) is 167 cm³/mol. The van der Waals surface area contributed by atoms with Crippen molar-refractivity contribution in [3.8, 4) is 5.75 Å². The first-order valence-corrected chi connectivity index (χ1v) is 16.1. The third kappa shape index (κ3) is 8.26. The fourth-order valence-corrected chi connectivity index (χ4v) is 6.15. The predicted octanol–water partition coefficient (Wildman–Crippen LogP) is 5.97. The molecule has 0 saturated heterocycles. The van der Waals surface area contributed by atoms with Gasteiger partial charge in [-0.1, -0.05) is 79.9 Å². The fraction of sp³-hybridized carbons (Fsp3) is 0.375. The quantitative estimate of drug-likeness (QED) is 0.213. The molecule has 3 rings (SSSR count). The summed E-state index contributed by atoms with van der Waals surface area (Å²) < 4.78 is 35.1. The number of hydrogen-bond donors (Lipinski definition) is 1. The number of rotatable bonds is 15. The SMILES string of the molecule is CCCCNC(=O)C(CC)N(Cc1ccccc1Cl)C(=O)CN(c1ccccc1OCC)S(=O)(=O)c1ccc(C)cc1. The first-order chi connectivity index (χ1) is 20.1. The van der Waals surface area contributed by atoms with Crippen molar-refractivity contribution >= 4 is 39.1 Å². The molecule has 3 aromatic carbocycles. The number of para-hydroxylation sites is 2. The molecule has 0 spiro atoms. The topological polar surface area (TPSA) is 96.0 Å². The second kappa shape index (κ2) is 15.6. The van der Waals surface area contributed by atoms with Crippen molar-refractivity contribution < 1.29 is 22.7 Å². The van der Waals surface area contributed by atoms with E-state index in [1.807, 2.05) is 20.8 Å². The average Bonchev–Trinajstić information content (AvgIpc) is 2.97. The summed E-state index contributed by atoms with van der Waals surface area (Å²) in [5, 5.41) is 3.37. The summed E-state index contributed by atoms with van der Waals surface area (Å²) in [7, 11) is -4.21. The fourth-order valence-electron chi connectivity index (χ4n) is 4.53. The van der Waals surface area contributed by atoms with E-state index in [1.54, 1.807) is 67.6 Å². The minimum absolute atomic E-state index is 0.0315. The van der Waals surface area contributed by atoms with Crippen molar-refractivity contribution in [2.24, 2.45) is 0 Å². The van der Waals surface area contributed by atoms with Gasteiger partial charge in [0.2, 0.25) is 11.8 Å². The van der Waals surface area contributed by atoms with Gasteiger partial charge < -0.3 is 15.0 Å². The van der Waals surface area contributed by atoms with E-state index < -0.39 is 28.5 Å². The highest BCUT2D eigenvalue weighted by atomic mass is 35.5. The van der Waals surface area contributed by atoms with E-state index in [1.165, 1.54) is 17.0 Å². The molecule has 1 unspecified atom stereocenters. The summed E-state index contributed by atoms with van der Waals surface area (Å²) in [6, 6.07) is 19.4. The summed E-state index contributed by atoms with van der Waals surface area (Å²) in [5.74, 6) is -0.520. The van der Waals surface area contributed by atoms with Crippen LogP contribution in [-0.2, 0) is 26.2 Å². The van der Waals surface area contributed by atoms with Crippen molar-refractivity contribution in [2.75, 3.05) is 24.0 Å². The molecule has 0 saturated carbocycles. The highest BCUT2D eigenvalue weighted by Gasteiger charge is 2.35. The van der Waals surface area contributed by atoms with Crippen LogP contribution in [0.3, 0.4) is 0 Å². The van der Waals surface area contributed by atoms with Crippen LogP contribution < -0.4 is 14.4 Å². The number of carbonyl (C=O) groups excluding carboxylic acids is 2. The van der Waals surface area contributed by atoms with E-state index in [0.717, 1.165) is 22.7 Å². The molecule has 0 aliphatic heterocycles. The first kappa shape index (κ1) is 32.9. The number of halogens is 1. The lowest BCUT2D eigenvalue weighted by atomic mass is 10.1. The van der Waals surface area contributed by atoms with Crippen molar-refractivity contribution in [3.05, 3.63) is 88.9 Å². The van der Waals surface area contributed by atoms with E-state index >= 15 is 0 Å². The lowest BCUT2D eigenvalue weighted by molar-refractivity contribution is -0.140. The highest BCUT2D eigenvalue weighted by Crippen LogP contribution is 2.33. The molecular formula is C32H40ClN3O5S. The monoisotopic (exact) mass is 613 g/mol. The maximum Gasteiger partial charge on any atom is 0.264 e. The summed E-state index contributed by atoms with van der Waals surface area (Å²) in [4.78, 5) is 29.0. The molecule has 1 atom stereocenters. The van der Waals surface area contributed by atoms with Gasteiger partial charge in [-0.15, -0.1) is 0 Å². The van der Waals surface area contributed by atoms with Crippen molar-refractivity contribution in [2.45, 2.75) is 64.4 Å². The van der Waals surface area contributed by atoms with Crippen LogP contribution in [0.25, 0.3) is 0 Å². The van der Waals surface area contributed by atoms with Crippen LogP contribution in [-0.4, -0.2) is 50.9 Å². The van der Waals surface area contributed by atoms with Gasteiger partial charge in [0.25, 0.3) is 10.0 Å². The molecule has 0 fully saturated rings. The number of carbonyl (C=O) groups is 2. The maximum absolute atomic E-state index is 14.2. The van der Waals surface area contributed by atoms with Gasteiger partial charge >= 0.3 is 0 Å². The van der Waals surface area contributed by atoms with E-state index in [9.17, 15) is 18.0 Å². The van der Waals surface area contributed by atoms with Gasteiger partial charge in [-0.2, -0.15) is 0 Å². The molecule has 0 aromatic heterocycles. The number of amides is 2. The molecule has 1 N–H and O–H groups in total. The zero-order valence-electron chi connectivity index (χ0n) is 24.7. The van der Waals surface area contributed by atoms with Crippen molar-refractivity contribution in [3.63, 3.8) is 0 Å². The van der Waals surface area contributed by atoms with Crippen LogP contribution in [0, 0.1) is 6.92 Å². The molecule has 3 aromatic rings. The van der Waals surface area contributed by atoms with Crippen LogP contribution >= 0.6 is 11.6 Å².